The number of carbonyl (C=O) groups is 3. The number of benzene rings is 3. The molecule has 0 spiro atoms. The van der Waals surface area contributed by atoms with Crippen molar-refractivity contribution in [3.8, 4) is 0 Å². The molecular weight excluding hydrogens is 1340 g/mol. The molecule has 3 saturated carbocycles. The van der Waals surface area contributed by atoms with E-state index < -0.39 is 35.3 Å². The van der Waals surface area contributed by atoms with Gasteiger partial charge in [-0.2, -0.15) is 39.5 Å². The molecule has 3 aliphatic carbocycles. The number of hydrogen-bond acceptors (Lipinski definition) is 16. The molecule has 3 amide bonds. The van der Waals surface area contributed by atoms with Crippen LogP contribution in [0.4, 0.5) is 73.9 Å². The third kappa shape index (κ3) is 22.3. The number of ether oxygens (including phenoxy) is 3. The van der Waals surface area contributed by atoms with Gasteiger partial charge in [0.25, 0.3) is 0 Å². The molecule has 6 aromatic rings. The predicted octanol–water partition coefficient (Wildman–Crippen LogP) is 12.9. The first kappa shape index (κ1) is 76.1. The van der Waals surface area contributed by atoms with Gasteiger partial charge in [-0.1, -0.05) is 54.6 Å². The van der Waals surface area contributed by atoms with Crippen LogP contribution in [0.3, 0.4) is 0 Å². The first-order valence-electron chi connectivity index (χ1n) is 35.2. The standard InChI is InChI=1S/2C25H31F3N4O2.C24H30F3N5O2/c1-18-23(25(26,27)28)15-20(16-29-18)30-19-7-9-22(10-8-19)34-17-24(33)32-13-11-31(12-14-32)21-5-3-2-4-6-21;1-18-16-29-23(15-22(18)25(26,27)28)30-19-7-9-21(10-8-19)34-17-24(33)32-13-11-31(12-14-32)20-5-3-2-4-6-20;1-17-23(24(25,26)27)30-21(15-28-17)29-18-7-9-20(10-8-18)34-16-22(33)32-13-11-31(12-14-32)19-5-3-2-4-6-19/h2-6,15-16,19,22,30H,7-14,17H2,1H3;2-6,15-16,19,21H,7-14,17H2,1H3,(H,29,30);2-6,15,18,20H,7-14,16H2,1H3,(H,29,30). The van der Waals surface area contributed by atoms with Gasteiger partial charge < -0.3 is 59.6 Å². The van der Waals surface area contributed by atoms with Crippen molar-refractivity contribution in [1.29, 1.82) is 0 Å². The zero-order valence-corrected chi connectivity index (χ0v) is 57.9. The quantitative estimate of drug-likeness (QED) is 0.0689. The molecule has 552 valence electrons. The number of halogens is 9. The van der Waals surface area contributed by atoms with E-state index in [9.17, 15) is 53.9 Å². The summed E-state index contributed by atoms with van der Waals surface area (Å²) in [5.74, 6) is 0.400. The van der Waals surface area contributed by atoms with Gasteiger partial charge in [0.2, 0.25) is 17.7 Å². The molecule has 3 aromatic carbocycles. The lowest BCUT2D eigenvalue weighted by molar-refractivity contribution is -0.142. The second-order valence-corrected chi connectivity index (χ2v) is 26.8. The number of rotatable bonds is 18. The van der Waals surface area contributed by atoms with Gasteiger partial charge in [0.15, 0.2) is 5.69 Å². The third-order valence-electron chi connectivity index (χ3n) is 19.7. The van der Waals surface area contributed by atoms with Crippen LogP contribution < -0.4 is 30.7 Å². The SMILES string of the molecule is Cc1cnc(NC2CCC(OCC(=O)N3CCN(c4ccccc4)CC3)CC2)cc1C(F)(F)F.Cc1ncc(NC2CCC(OCC(=O)N3CCN(c4ccccc4)CC3)CC2)cc1C(F)(F)F.Cc1ncc(NC2CCC(OCC(=O)N3CCN(c4ccccc4)CC3)CC2)nc1C(F)(F)F. The summed E-state index contributed by atoms with van der Waals surface area (Å²) in [4.78, 5) is 65.7. The van der Waals surface area contributed by atoms with Gasteiger partial charge in [0.05, 0.1) is 53.2 Å². The Bertz CT molecular complexity index is 3240. The van der Waals surface area contributed by atoms with Crippen molar-refractivity contribution in [3.05, 3.63) is 155 Å². The fourth-order valence-electron chi connectivity index (χ4n) is 13.8. The zero-order valence-electron chi connectivity index (χ0n) is 57.9. The normalized spacial score (nSPS) is 21.4. The van der Waals surface area contributed by atoms with Crippen LogP contribution in [-0.4, -0.2) is 187 Å². The van der Waals surface area contributed by atoms with E-state index in [2.05, 4.69) is 87.0 Å². The maximum absolute atomic E-state index is 13.1. The topological polar surface area (TPSA) is 186 Å². The van der Waals surface area contributed by atoms with Crippen LogP contribution >= 0.6 is 0 Å². The second kappa shape index (κ2) is 35.6. The smallest absolute Gasteiger partial charge is 0.381 e. The highest BCUT2D eigenvalue weighted by atomic mass is 19.4. The summed E-state index contributed by atoms with van der Waals surface area (Å²) in [6.07, 6.45) is -0.333. The Balaban J connectivity index is 0.000000165. The molecule has 102 heavy (non-hydrogen) atoms. The van der Waals surface area contributed by atoms with Crippen LogP contribution in [0.5, 0.6) is 0 Å². The van der Waals surface area contributed by atoms with Gasteiger partial charge in [-0.05, 0) is 152 Å². The minimum Gasteiger partial charge on any atom is -0.381 e. The van der Waals surface area contributed by atoms with E-state index in [1.165, 1.54) is 56.4 Å². The van der Waals surface area contributed by atoms with Gasteiger partial charge in [0.1, 0.15) is 31.5 Å². The van der Waals surface area contributed by atoms with Crippen molar-refractivity contribution < 1.29 is 68.1 Å². The Morgan fingerprint density at radius 3 is 1.12 bits per heavy atom. The van der Waals surface area contributed by atoms with Crippen molar-refractivity contribution in [2.75, 3.05) is 129 Å². The molecule has 3 aromatic heterocycles. The number of anilines is 6. The Morgan fingerprint density at radius 1 is 0.402 bits per heavy atom. The second-order valence-electron chi connectivity index (χ2n) is 26.8. The number of aryl methyl sites for hydroxylation is 3. The number of aromatic nitrogens is 4. The van der Waals surface area contributed by atoms with Crippen LogP contribution in [0.25, 0.3) is 0 Å². The van der Waals surface area contributed by atoms with E-state index in [-0.39, 0.29) is 103 Å². The lowest BCUT2D eigenvalue weighted by atomic mass is 9.92. The molecule has 0 bridgehead atoms. The molecule has 0 radical (unpaired) electrons. The van der Waals surface area contributed by atoms with Crippen molar-refractivity contribution in [2.45, 2.75) is 153 Å². The van der Waals surface area contributed by atoms with Gasteiger partial charge in [-0.25, -0.2) is 9.97 Å². The first-order chi connectivity index (χ1) is 48.9. The van der Waals surface area contributed by atoms with E-state index in [0.717, 1.165) is 128 Å². The van der Waals surface area contributed by atoms with Crippen LogP contribution in [-0.2, 0) is 47.1 Å². The number of amides is 3. The van der Waals surface area contributed by atoms with Crippen molar-refractivity contribution in [3.63, 3.8) is 0 Å². The number of hydrogen-bond donors (Lipinski definition) is 3. The fraction of sp³-hybridized carbons (Fsp3) is 0.527. The van der Waals surface area contributed by atoms with E-state index in [4.69, 9.17) is 14.2 Å². The summed E-state index contributed by atoms with van der Waals surface area (Å²) >= 11 is 0. The maximum Gasteiger partial charge on any atom is 0.435 e. The summed E-state index contributed by atoms with van der Waals surface area (Å²) in [5, 5.41) is 9.37. The van der Waals surface area contributed by atoms with Gasteiger partial charge in [-0.15, -0.1) is 0 Å². The van der Waals surface area contributed by atoms with Gasteiger partial charge in [0, 0.05) is 126 Å². The average Bonchev–Trinajstić information content (AvgIpc) is 0.827. The molecule has 6 fully saturated rings. The minimum absolute atomic E-state index is 0.000273. The molecule has 28 heteroatoms. The molecule has 6 aliphatic rings. The molecule has 3 aliphatic heterocycles. The number of piperazine rings is 3. The Kier molecular flexibility index (Phi) is 26.6. The van der Waals surface area contributed by atoms with E-state index >= 15 is 0 Å². The predicted molar refractivity (Wildman–Crippen MR) is 372 cm³/mol. The van der Waals surface area contributed by atoms with E-state index in [1.807, 2.05) is 69.3 Å². The van der Waals surface area contributed by atoms with Crippen molar-refractivity contribution in [2.24, 2.45) is 0 Å². The fourth-order valence-corrected chi connectivity index (χ4v) is 13.8. The van der Waals surface area contributed by atoms with Crippen LogP contribution in [0, 0.1) is 20.8 Å². The molecule has 6 heterocycles. The number of carbonyl (C=O) groups excluding carboxylic acids is 3. The monoisotopic (exact) mass is 1430 g/mol. The molecular formula is C74H92F9N13O6. The zero-order chi connectivity index (χ0) is 72.4. The molecule has 3 N–H and O–H groups in total. The molecule has 0 atom stereocenters. The minimum atomic E-state index is -4.53. The third-order valence-corrected chi connectivity index (χ3v) is 19.7. The van der Waals surface area contributed by atoms with E-state index in [0.29, 0.717) is 45.0 Å². The number of nitrogens with zero attached hydrogens (tertiary/aromatic N) is 10. The summed E-state index contributed by atoms with van der Waals surface area (Å²) in [7, 11) is 0. The largest absolute Gasteiger partial charge is 0.435 e. The lowest BCUT2D eigenvalue weighted by Crippen LogP contribution is -2.50. The highest BCUT2D eigenvalue weighted by molar-refractivity contribution is 5.79. The Labute approximate surface area is 589 Å². The van der Waals surface area contributed by atoms with Gasteiger partial charge in [-0.3, -0.25) is 24.4 Å². The summed E-state index contributed by atoms with van der Waals surface area (Å²) in [6, 6.07) is 32.8. The number of nitrogens with one attached hydrogen (secondary N) is 3. The lowest BCUT2D eigenvalue weighted by Gasteiger charge is -2.36. The Morgan fingerprint density at radius 2 is 0.755 bits per heavy atom. The first-order valence-corrected chi connectivity index (χ1v) is 35.2. The number of alkyl halides is 9. The molecule has 12 rings (SSSR count). The van der Waals surface area contributed by atoms with Crippen LogP contribution in [0.1, 0.15) is 111 Å². The molecule has 3 saturated heterocycles. The van der Waals surface area contributed by atoms with Crippen LogP contribution in [0.2, 0.25) is 0 Å². The summed E-state index contributed by atoms with van der Waals surface area (Å²) < 4.78 is 136. The Hall–Kier alpha value is -8.50. The molecule has 0 unspecified atom stereocenters. The summed E-state index contributed by atoms with van der Waals surface area (Å²) in [6.45, 7) is 13.1. The average molecular weight is 1430 g/mol. The number of pyridine rings is 2. The maximum atomic E-state index is 13.1. The van der Waals surface area contributed by atoms with Gasteiger partial charge >= 0.3 is 18.5 Å². The van der Waals surface area contributed by atoms with E-state index in [1.54, 1.807) is 0 Å². The highest BCUT2D eigenvalue weighted by Gasteiger charge is 2.38. The van der Waals surface area contributed by atoms with Crippen molar-refractivity contribution >= 4 is 52.1 Å². The number of para-hydroxylation sites is 3. The van der Waals surface area contributed by atoms with Crippen molar-refractivity contribution in [1.82, 2.24) is 34.6 Å². The highest BCUT2D eigenvalue weighted by Crippen LogP contribution is 2.37. The molecule has 19 nitrogen and oxygen atoms in total. The van der Waals surface area contributed by atoms with Crippen LogP contribution in [0.15, 0.2) is 122 Å². The summed E-state index contributed by atoms with van der Waals surface area (Å²) in [5.41, 5.74) is 1.51.